The van der Waals surface area contributed by atoms with Crippen molar-refractivity contribution in [2.24, 2.45) is 11.3 Å². The molecule has 7 heteroatoms. The molecule has 4 heterocycles. The molecule has 2 aliphatic rings. The maximum Gasteiger partial charge on any atom is 0.311 e. The third-order valence-corrected chi connectivity index (χ3v) is 5.69. The number of pyridine rings is 1. The van der Waals surface area contributed by atoms with Crippen molar-refractivity contribution < 1.29 is 9.90 Å². The van der Waals surface area contributed by atoms with Gasteiger partial charge in [-0.25, -0.2) is 4.98 Å². The molecule has 2 aromatic heterocycles. The van der Waals surface area contributed by atoms with Gasteiger partial charge in [0, 0.05) is 38.3 Å². The van der Waals surface area contributed by atoms with Gasteiger partial charge < -0.3 is 14.9 Å². The number of anilines is 2. The van der Waals surface area contributed by atoms with Gasteiger partial charge in [-0.1, -0.05) is 6.07 Å². The first-order valence-electron chi connectivity index (χ1n) is 9.03. The van der Waals surface area contributed by atoms with Gasteiger partial charge in [0.15, 0.2) is 5.82 Å². The van der Waals surface area contributed by atoms with E-state index in [0.29, 0.717) is 26.1 Å². The van der Waals surface area contributed by atoms with Gasteiger partial charge in [-0.05, 0) is 44.0 Å². The topological polar surface area (TPSA) is 82.5 Å². The average molecular weight is 353 g/mol. The molecule has 2 atom stereocenters. The number of carboxylic acid groups (broad SMARTS) is 1. The first-order chi connectivity index (χ1) is 12.6. The Balaban J connectivity index is 1.62. The van der Waals surface area contributed by atoms with Gasteiger partial charge in [0.2, 0.25) is 0 Å². The number of aryl methyl sites for hydroxylation is 1. The van der Waals surface area contributed by atoms with E-state index in [1.165, 1.54) is 0 Å². The Morgan fingerprint density at radius 3 is 2.69 bits per heavy atom. The number of carbonyl (C=O) groups is 1. The Morgan fingerprint density at radius 2 is 2.00 bits per heavy atom. The Labute approximate surface area is 152 Å². The molecule has 7 nitrogen and oxygen atoms in total. The zero-order chi connectivity index (χ0) is 18.1. The Hall–Kier alpha value is -2.70. The molecule has 0 radical (unpaired) electrons. The molecule has 0 bridgehead atoms. The van der Waals surface area contributed by atoms with Crippen LogP contribution in [0.15, 0.2) is 36.5 Å². The van der Waals surface area contributed by atoms with Crippen LogP contribution in [0.2, 0.25) is 0 Å². The highest BCUT2D eigenvalue weighted by Crippen LogP contribution is 2.44. The molecular formula is C19H23N5O2. The average Bonchev–Trinajstić information content (AvgIpc) is 2.92. The van der Waals surface area contributed by atoms with Crippen LogP contribution in [0.25, 0.3) is 0 Å². The van der Waals surface area contributed by atoms with E-state index in [1.807, 2.05) is 37.3 Å². The van der Waals surface area contributed by atoms with E-state index < -0.39 is 11.4 Å². The van der Waals surface area contributed by atoms with Crippen LogP contribution in [0, 0.1) is 18.3 Å². The summed E-state index contributed by atoms with van der Waals surface area (Å²) in [6.07, 6.45) is 3.26. The SMILES string of the molecule is Cc1ccc(N2CCC[C@@]3(C(=O)O)CN(c4ccccn4)C[C@H]3C2)nn1. The largest absolute Gasteiger partial charge is 0.481 e. The van der Waals surface area contributed by atoms with E-state index in [4.69, 9.17) is 0 Å². The third-order valence-electron chi connectivity index (χ3n) is 5.69. The molecule has 1 N–H and O–H groups in total. The molecule has 0 saturated carbocycles. The normalized spacial score (nSPS) is 25.7. The number of aliphatic carboxylic acids is 1. The van der Waals surface area contributed by atoms with E-state index in [9.17, 15) is 9.90 Å². The molecule has 2 aromatic rings. The minimum absolute atomic E-state index is 0.0209. The van der Waals surface area contributed by atoms with Crippen molar-refractivity contribution in [3.8, 4) is 0 Å². The second-order valence-corrected chi connectivity index (χ2v) is 7.31. The van der Waals surface area contributed by atoms with Gasteiger partial charge >= 0.3 is 5.97 Å². The van der Waals surface area contributed by atoms with Crippen molar-refractivity contribution >= 4 is 17.6 Å². The van der Waals surface area contributed by atoms with Crippen LogP contribution in [0.5, 0.6) is 0 Å². The summed E-state index contributed by atoms with van der Waals surface area (Å²) in [6, 6.07) is 9.69. The Kier molecular flexibility index (Phi) is 4.22. The predicted molar refractivity (Wildman–Crippen MR) is 98.2 cm³/mol. The number of hydrogen-bond acceptors (Lipinski definition) is 6. The lowest BCUT2D eigenvalue weighted by Gasteiger charge is -2.29. The summed E-state index contributed by atoms with van der Waals surface area (Å²) in [5.74, 6) is 1.00. The van der Waals surface area contributed by atoms with E-state index in [-0.39, 0.29) is 5.92 Å². The van der Waals surface area contributed by atoms with Gasteiger partial charge in [0.05, 0.1) is 11.1 Å². The van der Waals surface area contributed by atoms with Gasteiger partial charge in [-0.3, -0.25) is 4.79 Å². The van der Waals surface area contributed by atoms with Crippen molar-refractivity contribution in [1.29, 1.82) is 0 Å². The fraction of sp³-hybridized carbons (Fsp3) is 0.474. The molecule has 2 fully saturated rings. The third kappa shape index (κ3) is 2.87. The maximum absolute atomic E-state index is 12.3. The molecule has 2 aliphatic heterocycles. The molecule has 4 rings (SSSR count). The molecule has 0 spiro atoms. The lowest BCUT2D eigenvalue weighted by atomic mass is 9.75. The van der Waals surface area contributed by atoms with Crippen molar-refractivity contribution in [3.05, 3.63) is 42.2 Å². The van der Waals surface area contributed by atoms with Crippen molar-refractivity contribution in [3.63, 3.8) is 0 Å². The van der Waals surface area contributed by atoms with E-state index in [0.717, 1.165) is 30.3 Å². The summed E-state index contributed by atoms with van der Waals surface area (Å²) in [4.78, 5) is 21.0. The highest BCUT2D eigenvalue weighted by atomic mass is 16.4. The monoisotopic (exact) mass is 353 g/mol. The van der Waals surface area contributed by atoms with Crippen LogP contribution < -0.4 is 9.80 Å². The fourth-order valence-corrected chi connectivity index (χ4v) is 4.27. The molecule has 2 saturated heterocycles. The first kappa shape index (κ1) is 16.8. The lowest BCUT2D eigenvalue weighted by molar-refractivity contribution is -0.150. The summed E-state index contributed by atoms with van der Waals surface area (Å²) in [5, 5.41) is 18.6. The zero-order valence-electron chi connectivity index (χ0n) is 14.9. The van der Waals surface area contributed by atoms with E-state index >= 15 is 0 Å². The summed E-state index contributed by atoms with van der Waals surface area (Å²) in [7, 11) is 0. The molecule has 0 amide bonds. The molecule has 0 unspecified atom stereocenters. The van der Waals surface area contributed by atoms with Crippen LogP contribution in [-0.2, 0) is 4.79 Å². The molecule has 26 heavy (non-hydrogen) atoms. The maximum atomic E-state index is 12.3. The fourth-order valence-electron chi connectivity index (χ4n) is 4.27. The summed E-state index contributed by atoms with van der Waals surface area (Å²) >= 11 is 0. The number of nitrogens with zero attached hydrogens (tertiary/aromatic N) is 5. The number of hydrogen-bond donors (Lipinski definition) is 1. The van der Waals surface area contributed by atoms with Gasteiger partial charge in [-0.15, -0.1) is 5.10 Å². The number of rotatable bonds is 3. The zero-order valence-corrected chi connectivity index (χ0v) is 14.9. The minimum Gasteiger partial charge on any atom is -0.481 e. The second-order valence-electron chi connectivity index (χ2n) is 7.31. The molecular weight excluding hydrogens is 330 g/mol. The summed E-state index contributed by atoms with van der Waals surface area (Å²) < 4.78 is 0. The molecule has 136 valence electrons. The minimum atomic E-state index is -0.732. The quantitative estimate of drug-likeness (QED) is 0.903. The van der Waals surface area contributed by atoms with Crippen LogP contribution >= 0.6 is 0 Å². The highest BCUT2D eigenvalue weighted by molar-refractivity contribution is 5.77. The predicted octanol–water partition coefficient (Wildman–Crippen LogP) is 1.99. The number of carboxylic acids is 1. The van der Waals surface area contributed by atoms with E-state index in [2.05, 4.69) is 25.0 Å². The van der Waals surface area contributed by atoms with Crippen LogP contribution in [0.3, 0.4) is 0 Å². The van der Waals surface area contributed by atoms with Gasteiger partial charge in [0.1, 0.15) is 5.82 Å². The standard InChI is InChI=1S/C19H23N5O2/c1-14-6-7-17(22-21-14)23-10-4-8-19(18(25)26)13-24(12-15(19)11-23)16-5-2-3-9-20-16/h2-3,5-7,9,15H,4,8,10-13H2,1H3,(H,25,26)/t15-,19-/m1/s1. The van der Waals surface area contributed by atoms with Crippen molar-refractivity contribution in [2.45, 2.75) is 19.8 Å². The second kappa shape index (κ2) is 6.55. The number of fused-ring (bicyclic) bond motifs is 1. The van der Waals surface area contributed by atoms with Crippen molar-refractivity contribution in [2.75, 3.05) is 36.0 Å². The Bertz CT molecular complexity index is 782. The molecule has 0 aliphatic carbocycles. The van der Waals surface area contributed by atoms with Gasteiger partial charge in [-0.2, -0.15) is 5.10 Å². The van der Waals surface area contributed by atoms with Gasteiger partial charge in [0.25, 0.3) is 0 Å². The van der Waals surface area contributed by atoms with Crippen LogP contribution in [0.4, 0.5) is 11.6 Å². The van der Waals surface area contributed by atoms with E-state index in [1.54, 1.807) is 6.20 Å². The van der Waals surface area contributed by atoms with Crippen LogP contribution in [0.1, 0.15) is 18.5 Å². The summed E-state index contributed by atoms with van der Waals surface area (Å²) in [6.45, 7) is 4.60. The van der Waals surface area contributed by atoms with Crippen molar-refractivity contribution in [1.82, 2.24) is 15.2 Å². The highest BCUT2D eigenvalue weighted by Gasteiger charge is 2.53. The summed E-state index contributed by atoms with van der Waals surface area (Å²) in [5.41, 5.74) is 0.148. The smallest absolute Gasteiger partial charge is 0.311 e. The first-order valence-corrected chi connectivity index (χ1v) is 9.03. The molecule has 0 aromatic carbocycles. The lowest BCUT2D eigenvalue weighted by Crippen LogP contribution is -2.41. The number of aromatic nitrogens is 3. The van der Waals surface area contributed by atoms with Crippen LogP contribution in [-0.4, -0.2) is 52.4 Å². The Morgan fingerprint density at radius 1 is 1.15 bits per heavy atom.